The van der Waals surface area contributed by atoms with Gasteiger partial charge >= 0.3 is 0 Å². The predicted molar refractivity (Wildman–Crippen MR) is 76.0 cm³/mol. The molecule has 1 aromatic carbocycles. The molecule has 0 spiro atoms. The minimum absolute atomic E-state index is 0.271. The zero-order valence-electron chi connectivity index (χ0n) is 10.1. The lowest BCUT2D eigenvalue weighted by atomic mass is 10.1. The van der Waals surface area contributed by atoms with Crippen LogP contribution in [0, 0.1) is 0 Å². The second-order valence-electron chi connectivity index (χ2n) is 3.83. The molecule has 98 valence electrons. The first kappa shape index (κ1) is 13.4. The van der Waals surface area contributed by atoms with Crippen LogP contribution >= 0.6 is 11.8 Å². The predicted octanol–water partition coefficient (Wildman–Crippen LogP) is 1.49. The molecule has 0 saturated carbocycles. The van der Waals surface area contributed by atoms with Crippen molar-refractivity contribution >= 4 is 23.4 Å². The summed E-state index contributed by atoms with van der Waals surface area (Å²) in [7, 11) is 0. The number of amides is 1. The molecule has 1 heterocycles. The zero-order valence-corrected chi connectivity index (χ0v) is 10.9. The highest BCUT2D eigenvalue weighted by molar-refractivity contribution is 8.00. The van der Waals surface area contributed by atoms with Crippen molar-refractivity contribution in [3.8, 4) is 0 Å². The van der Waals surface area contributed by atoms with E-state index in [2.05, 4.69) is 10.4 Å². The van der Waals surface area contributed by atoms with Crippen LogP contribution in [0.2, 0.25) is 0 Å². The van der Waals surface area contributed by atoms with Gasteiger partial charge in [0.2, 0.25) is 0 Å². The number of nitrogen functional groups attached to an aromatic ring is 1. The average Bonchev–Trinajstić information content (AvgIpc) is 2.46. The Labute approximate surface area is 115 Å². The summed E-state index contributed by atoms with van der Waals surface area (Å²) in [6.45, 7) is 0. The molecule has 6 heteroatoms. The molecule has 5 nitrogen and oxygen atoms in total. The second kappa shape index (κ2) is 6.21. The van der Waals surface area contributed by atoms with Gasteiger partial charge in [-0.1, -0.05) is 30.3 Å². The number of hydrazine groups is 1. The van der Waals surface area contributed by atoms with Crippen molar-refractivity contribution in [1.29, 1.82) is 0 Å². The van der Waals surface area contributed by atoms with Crippen LogP contribution in [0.5, 0.6) is 0 Å². The highest BCUT2D eigenvalue weighted by Gasteiger charge is 2.21. The Balaban J connectivity index is 2.30. The third-order valence-corrected chi connectivity index (χ3v) is 3.89. The zero-order chi connectivity index (χ0) is 13.7. The lowest BCUT2D eigenvalue weighted by Crippen LogP contribution is -2.33. The summed E-state index contributed by atoms with van der Waals surface area (Å²) in [5.41, 5.74) is 9.44. The third kappa shape index (κ3) is 3.24. The average molecular weight is 274 g/mol. The van der Waals surface area contributed by atoms with Crippen LogP contribution in [0.25, 0.3) is 0 Å². The molecule has 0 fully saturated rings. The summed E-state index contributed by atoms with van der Waals surface area (Å²) in [5, 5.41) is -0.448. The van der Waals surface area contributed by atoms with Crippen molar-refractivity contribution in [3.05, 3.63) is 54.4 Å². The van der Waals surface area contributed by atoms with E-state index in [0.717, 1.165) is 10.5 Å². The molecule has 5 N–H and O–H groups in total. The molecule has 1 atom stereocenters. The SMILES string of the molecule is NNC(=O)C(Sc1ccncc1N)c1ccccc1. The second-order valence-corrected chi connectivity index (χ2v) is 4.98. The molecule has 1 unspecified atom stereocenters. The molecule has 1 amide bonds. The molecule has 0 aliphatic carbocycles. The van der Waals surface area contributed by atoms with Gasteiger partial charge in [-0.2, -0.15) is 0 Å². The number of hydrogen-bond donors (Lipinski definition) is 3. The van der Waals surface area contributed by atoms with E-state index in [1.54, 1.807) is 18.5 Å². The number of nitrogens with zero attached hydrogens (tertiary/aromatic N) is 1. The van der Waals surface area contributed by atoms with Gasteiger partial charge in [0.1, 0.15) is 5.25 Å². The van der Waals surface area contributed by atoms with Gasteiger partial charge in [0.15, 0.2) is 0 Å². The van der Waals surface area contributed by atoms with Gasteiger partial charge in [-0.15, -0.1) is 11.8 Å². The summed E-state index contributed by atoms with van der Waals surface area (Å²) in [6.07, 6.45) is 3.20. The summed E-state index contributed by atoms with van der Waals surface area (Å²) in [6, 6.07) is 11.2. The van der Waals surface area contributed by atoms with Gasteiger partial charge in [0.05, 0.1) is 11.9 Å². The molecule has 0 radical (unpaired) electrons. The van der Waals surface area contributed by atoms with E-state index in [1.807, 2.05) is 30.3 Å². The van der Waals surface area contributed by atoms with E-state index < -0.39 is 5.25 Å². The largest absolute Gasteiger partial charge is 0.397 e. The van der Waals surface area contributed by atoms with Crippen LogP contribution in [-0.4, -0.2) is 10.9 Å². The standard InChI is InChI=1S/C13H14N4OS/c14-10-8-16-7-6-11(10)19-12(13(18)17-15)9-4-2-1-3-5-9/h1-8,12H,14-15H2,(H,17,18). The van der Waals surface area contributed by atoms with Crippen LogP contribution < -0.4 is 17.0 Å². The summed E-state index contributed by atoms with van der Waals surface area (Å²) < 4.78 is 0. The summed E-state index contributed by atoms with van der Waals surface area (Å²) >= 11 is 1.34. The number of anilines is 1. The van der Waals surface area contributed by atoms with E-state index in [0.29, 0.717) is 5.69 Å². The van der Waals surface area contributed by atoms with Crippen molar-refractivity contribution in [2.45, 2.75) is 10.1 Å². The molecule has 2 rings (SSSR count). The van der Waals surface area contributed by atoms with Gasteiger partial charge in [-0.3, -0.25) is 15.2 Å². The van der Waals surface area contributed by atoms with E-state index in [1.165, 1.54) is 11.8 Å². The van der Waals surface area contributed by atoms with Gasteiger partial charge in [-0.05, 0) is 11.6 Å². The molecular weight excluding hydrogens is 260 g/mol. The van der Waals surface area contributed by atoms with E-state index >= 15 is 0 Å². The van der Waals surface area contributed by atoms with Crippen molar-refractivity contribution in [2.24, 2.45) is 5.84 Å². The fourth-order valence-electron chi connectivity index (χ4n) is 1.60. The summed E-state index contributed by atoms with van der Waals surface area (Å²) in [5.74, 6) is 4.97. The van der Waals surface area contributed by atoms with Crippen LogP contribution in [-0.2, 0) is 4.79 Å². The normalized spacial score (nSPS) is 11.8. The first-order valence-electron chi connectivity index (χ1n) is 5.64. The van der Waals surface area contributed by atoms with Crippen molar-refractivity contribution < 1.29 is 4.79 Å². The monoisotopic (exact) mass is 274 g/mol. The molecule has 19 heavy (non-hydrogen) atoms. The van der Waals surface area contributed by atoms with Crippen LogP contribution in [0.15, 0.2) is 53.7 Å². The number of nitrogens with one attached hydrogen (secondary N) is 1. The quantitative estimate of drug-likeness (QED) is 0.340. The Morgan fingerprint density at radius 1 is 1.26 bits per heavy atom. The Morgan fingerprint density at radius 2 is 2.00 bits per heavy atom. The summed E-state index contributed by atoms with van der Waals surface area (Å²) in [4.78, 5) is 16.6. The van der Waals surface area contributed by atoms with Crippen molar-refractivity contribution in [1.82, 2.24) is 10.4 Å². The Morgan fingerprint density at radius 3 is 2.63 bits per heavy atom. The Bertz CT molecular complexity index is 562. The number of aromatic nitrogens is 1. The third-order valence-electron chi connectivity index (χ3n) is 2.54. The van der Waals surface area contributed by atoms with Gasteiger partial charge in [0, 0.05) is 11.1 Å². The fourth-order valence-corrected chi connectivity index (χ4v) is 2.66. The molecule has 0 aliphatic heterocycles. The van der Waals surface area contributed by atoms with Crippen molar-refractivity contribution in [2.75, 3.05) is 5.73 Å². The lowest BCUT2D eigenvalue weighted by molar-refractivity contribution is -0.120. The highest BCUT2D eigenvalue weighted by atomic mass is 32.2. The lowest BCUT2D eigenvalue weighted by Gasteiger charge is -2.16. The van der Waals surface area contributed by atoms with Gasteiger partial charge in [-0.25, -0.2) is 5.84 Å². The highest BCUT2D eigenvalue weighted by Crippen LogP contribution is 2.37. The van der Waals surface area contributed by atoms with Crippen molar-refractivity contribution in [3.63, 3.8) is 0 Å². The van der Waals surface area contributed by atoms with Crippen LogP contribution in [0.1, 0.15) is 10.8 Å². The first-order chi connectivity index (χ1) is 9.22. The smallest absolute Gasteiger partial charge is 0.251 e. The van der Waals surface area contributed by atoms with Crippen LogP contribution in [0.4, 0.5) is 5.69 Å². The molecule has 2 aromatic rings. The maximum absolute atomic E-state index is 11.9. The number of nitrogens with two attached hydrogens (primary N) is 2. The minimum atomic E-state index is -0.448. The number of hydrogen-bond acceptors (Lipinski definition) is 5. The number of carbonyl (C=O) groups excluding carboxylic acids is 1. The number of rotatable bonds is 4. The number of carbonyl (C=O) groups is 1. The molecular formula is C13H14N4OS. The topological polar surface area (TPSA) is 94.0 Å². The number of benzene rings is 1. The minimum Gasteiger partial charge on any atom is -0.397 e. The Hall–Kier alpha value is -2.05. The molecule has 0 aliphatic rings. The van der Waals surface area contributed by atoms with E-state index in [9.17, 15) is 4.79 Å². The Kier molecular flexibility index (Phi) is 4.38. The van der Waals surface area contributed by atoms with Gasteiger partial charge in [0.25, 0.3) is 5.91 Å². The van der Waals surface area contributed by atoms with E-state index in [-0.39, 0.29) is 5.91 Å². The number of pyridine rings is 1. The van der Waals surface area contributed by atoms with Gasteiger partial charge < -0.3 is 5.73 Å². The fraction of sp³-hybridized carbons (Fsp3) is 0.0769. The number of thioether (sulfide) groups is 1. The maximum Gasteiger partial charge on any atom is 0.251 e. The first-order valence-corrected chi connectivity index (χ1v) is 6.52. The molecule has 0 bridgehead atoms. The van der Waals surface area contributed by atoms with E-state index in [4.69, 9.17) is 11.6 Å². The molecule has 0 saturated heterocycles. The molecule has 1 aromatic heterocycles. The maximum atomic E-state index is 11.9. The van der Waals surface area contributed by atoms with Crippen LogP contribution in [0.3, 0.4) is 0 Å².